The zero-order valence-corrected chi connectivity index (χ0v) is 6.47. The second-order valence-corrected chi connectivity index (χ2v) is 2.14. The average Bonchev–Trinajstić information content (AvgIpc) is 1.97. The van der Waals surface area contributed by atoms with Crippen LogP contribution < -0.4 is 5.32 Å². The summed E-state index contributed by atoms with van der Waals surface area (Å²) in [6.45, 7) is 2.82. The van der Waals surface area contributed by atoms with Gasteiger partial charge in [-0.1, -0.05) is 12.2 Å². The first-order valence-corrected chi connectivity index (χ1v) is 3.70. The molecule has 0 atom stereocenters. The number of unbranched alkanes of at least 4 members (excludes halogenated alkanes) is 2. The van der Waals surface area contributed by atoms with Crippen molar-refractivity contribution in [2.75, 3.05) is 6.54 Å². The van der Waals surface area contributed by atoms with Crippen LogP contribution in [0.15, 0.2) is 12.2 Å². The molecule has 0 aromatic rings. The van der Waals surface area contributed by atoms with Gasteiger partial charge in [-0.3, -0.25) is 4.79 Å². The van der Waals surface area contributed by atoms with Crippen molar-refractivity contribution in [2.45, 2.75) is 26.2 Å². The van der Waals surface area contributed by atoms with Crippen LogP contribution in [0.1, 0.15) is 26.2 Å². The normalized spacial score (nSPS) is 10.1. The maximum atomic E-state index is 9.77. The Balaban J connectivity index is 2.83. The van der Waals surface area contributed by atoms with Crippen LogP contribution >= 0.6 is 0 Å². The van der Waals surface area contributed by atoms with Gasteiger partial charge >= 0.3 is 0 Å². The Hall–Kier alpha value is -0.790. The molecule has 0 rings (SSSR count). The second-order valence-electron chi connectivity index (χ2n) is 2.14. The molecule has 0 radical (unpaired) electrons. The highest BCUT2D eigenvalue weighted by Crippen LogP contribution is 1.94. The molecule has 0 bridgehead atoms. The van der Waals surface area contributed by atoms with Crippen LogP contribution in [0.5, 0.6) is 0 Å². The van der Waals surface area contributed by atoms with E-state index in [9.17, 15) is 4.79 Å². The van der Waals surface area contributed by atoms with E-state index in [1.165, 1.54) is 0 Å². The molecule has 2 heteroatoms. The van der Waals surface area contributed by atoms with E-state index in [4.69, 9.17) is 0 Å². The number of carbonyl (C=O) groups is 1. The zero-order chi connectivity index (χ0) is 7.66. The Morgan fingerprint density at radius 1 is 1.40 bits per heavy atom. The number of hydrogen-bond donors (Lipinski definition) is 1. The van der Waals surface area contributed by atoms with Crippen molar-refractivity contribution in [3.63, 3.8) is 0 Å². The van der Waals surface area contributed by atoms with Crippen LogP contribution in [0.4, 0.5) is 0 Å². The topological polar surface area (TPSA) is 29.1 Å². The smallest absolute Gasteiger partial charge is 0.207 e. The minimum Gasteiger partial charge on any atom is -0.359 e. The number of rotatable bonds is 6. The van der Waals surface area contributed by atoms with Crippen LogP contribution in [-0.4, -0.2) is 13.0 Å². The lowest BCUT2D eigenvalue weighted by Crippen LogP contribution is -2.11. The summed E-state index contributed by atoms with van der Waals surface area (Å²) in [6.07, 6.45) is 8.29. The molecule has 2 nitrogen and oxygen atoms in total. The molecule has 0 aliphatic carbocycles. The predicted octanol–water partition coefficient (Wildman–Crippen LogP) is 1.48. The van der Waals surface area contributed by atoms with E-state index in [1.54, 1.807) is 0 Å². The van der Waals surface area contributed by atoms with E-state index in [-0.39, 0.29) is 0 Å². The molecule has 10 heavy (non-hydrogen) atoms. The summed E-state index contributed by atoms with van der Waals surface area (Å²) in [7, 11) is 0. The van der Waals surface area contributed by atoms with Crippen molar-refractivity contribution in [3.05, 3.63) is 12.2 Å². The van der Waals surface area contributed by atoms with Crippen molar-refractivity contribution in [1.29, 1.82) is 0 Å². The number of hydrogen-bond acceptors (Lipinski definition) is 1. The van der Waals surface area contributed by atoms with Gasteiger partial charge in [0.1, 0.15) is 0 Å². The van der Waals surface area contributed by atoms with Gasteiger partial charge in [-0.15, -0.1) is 0 Å². The molecule has 0 aliphatic heterocycles. The van der Waals surface area contributed by atoms with E-state index in [0.29, 0.717) is 0 Å². The minimum atomic E-state index is 0.746. The third-order valence-electron chi connectivity index (χ3n) is 1.26. The molecule has 0 heterocycles. The molecule has 0 aromatic heterocycles. The lowest BCUT2D eigenvalue weighted by atomic mass is 10.2. The van der Waals surface area contributed by atoms with Crippen LogP contribution in [0, 0.1) is 0 Å². The van der Waals surface area contributed by atoms with E-state index in [1.807, 2.05) is 13.0 Å². The van der Waals surface area contributed by atoms with Gasteiger partial charge < -0.3 is 5.32 Å². The summed E-state index contributed by atoms with van der Waals surface area (Å²) < 4.78 is 0. The summed E-state index contributed by atoms with van der Waals surface area (Å²) in [4.78, 5) is 9.77. The van der Waals surface area contributed by atoms with Crippen molar-refractivity contribution in [2.24, 2.45) is 0 Å². The number of nitrogens with one attached hydrogen (secondary N) is 1. The van der Waals surface area contributed by atoms with E-state index in [2.05, 4.69) is 11.4 Å². The Bertz CT molecular complexity index is 99.4. The fourth-order valence-corrected chi connectivity index (χ4v) is 0.715. The van der Waals surface area contributed by atoms with Crippen LogP contribution in [0.25, 0.3) is 0 Å². The first kappa shape index (κ1) is 9.21. The molecular weight excluding hydrogens is 126 g/mol. The number of allylic oxidation sites excluding steroid dienone is 2. The lowest BCUT2D eigenvalue weighted by molar-refractivity contribution is -0.109. The maximum absolute atomic E-state index is 9.77. The van der Waals surface area contributed by atoms with Gasteiger partial charge in [-0.2, -0.15) is 0 Å². The van der Waals surface area contributed by atoms with Crippen molar-refractivity contribution in [3.8, 4) is 0 Å². The Labute approximate surface area is 62.3 Å². The van der Waals surface area contributed by atoms with E-state index >= 15 is 0 Å². The zero-order valence-electron chi connectivity index (χ0n) is 6.47. The SMILES string of the molecule is C/C=C\CCCCNC=O. The van der Waals surface area contributed by atoms with Gasteiger partial charge in [0.05, 0.1) is 0 Å². The Kier molecular flexibility index (Phi) is 7.56. The molecule has 0 unspecified atom stereocenters. The quantitative estimate of drug-likeness (QED) is 0.339. The molecule has 1 amide bonds. The number of carbonyl (C=O) groups excluding carboxylic acids is 1. The molecule has 0 fully saturated rings. The monoisotopic (exact) mass is 141 g/mol. The van der Waals surface area contributed by atoms with Crippen molar-refractivity contribution in [1.82, 2.24) is 5.32 Å². The van der Waals surface area contributed by atoms with Crippen molar-refractivity contribution >= 4 is 6.41 Å². The highest BCUT2D eigenvalue weighted by atomic mass is 16.1. The van der Waals surface area contributed by atoms with Gasteiger partial charge in [0.15, 0.2) is 0 Å². The fraction of sp³-hybridized carbons (Fsp3) is 0.625. The Morgan fingerprint density at radius 2 is 2.20 bits per heavy atom. The fourth-order valence-electron chi connectivity index (χ4n) is 0.715. The molecule has 0 aliphatic rings. The molecule has 0 saturated heterocycles. The standard InChI is InChI=1S/C8H15NO/c1-2-3-4-5-6-7-9-8-10/h2-3,8H,4-7H2,1H3,(H,9,10)/b3-2-. The minimum absolute atomic E-state index is 0.746. The molecule has 0 spiro atoms. The lowest BCUT2D eigenvalue weighted by Gasteiger charge is -1.95. The summed E-state index contributed by atoms with van der Waals surface area (Å²) in [5.74, 6) is 0. The number of amides is 1. The van der Waals surface area contributed by atoms with Gasteiger partial charge in [0.25, 0.3) is 0 Å². The van der Waals surface area contributed by atoms with Crippen molar-refractivity contribution < 1.29 is 4.79 Å². The second kappa shape index (κ2) is 8.21. The molecular formula is C8H15NO. The first-order chi connectivity index (χ1) is 4.91. The summed E-state index contributed by atoms with van der Waals surface area (Å²) in [5, 5.41) is 2.62. The van der Waals surface area contributed by atoms with Gasteiger partial charge in [0, 0.05) is 6.54 Å². The third-order valence-corrected chi connectivity index (χ3v) is 1.26. The molecule has 58 valence electrons. The first-order valence-electron chi connectivity index (χ1n) is 3.70. The van der Waals surface area contributed by atoms with Crippen LogP contribution in [0.2, 0.25) is 0 Å². The average molecular weight is 141 g/mol. The van der Waals surface area contributed by atoms with E-state index in [0.717, 1.165) is 32.2 Å². The molecule has 0 aromatic carbocycles. The largest absolute Gasteiger partial charge is 0.359 e. The maximum Gasteiger partial charge on any atom is 0.207 e. The third kappa shape index (κ3) is 7.21. The molecule has 1 N–H and O–H groups in total. The Morgan fingerprint density at radius 3 is 2.80 bits per heavy atom. The van der Waals surface area contributed by atoms with Gasteiger partial charge in [0.2, 0.25) is 6.41 Å². The summed E-state index contributed by atoms with van der Waals surface area (Å²) in [5.41, 5.74) is 0. The van der Waals surface area contributed by atoms with E-state index < -0.39 is 0 Å². The summed E-state index contributed by atoms with van der Waals surface area (Å²) in [6, 6.07) is 0. The van der Waals surface area contributed by atoms with Gasteiger partial charge in [-0.25, -0.2) is 0 Å². The highest BCUT2D eigenvalue weighted by Gasteiger charge is 1.83. The predicted molar refractivity (Wildman–Crippen MR) is 42.7 cm³/mol. The van der Waals surface area contributed by atoms with Crippen LogP contribution in [-0.2, 0) is 4.79 Å². The molecule has 0 saturated carbocycles. The van der Waals surface area contributed by atoms with Crippen LogP contribution in [0.3, 0.4) is 0 Å². The van der Waals surface area contributed by atoms with Gasteiger partial charge in [-0.05, 0) is 26.2 Å². The highest BCUT2D eigenvalue weighted by molar-refractivity contribution is 5.45. The summed E-state index contributed by atoms with van der Waals surface area (Å²) >= 11 is 0.